The summed E-state index contributed by atoms with van der Waals surface area (Å²) in [6.45, 7) is -0.345. The molecule has 2 aromatic rings. The first-order valence-corrected chi connectivity index (χ1v) is 9.65. The van der Waals surface area contributed by atoms with Crippen molar-refractivity contribution >= 4 is 39.2 Å². The van der Waals surface area contributed by atoms with E-state index in [4.69, 9.17) is 11.6 Å². The molecule has 0 aliphatic heterocycles. The highest BCUT2D eigenvalue weighted by Crippen LogP contribution is 2.36. The summed E-state index contributed by atoms with van der Waals surface area (Å²) in [5, 5.41) is 1.67. The fourth-order valence-corrected chi connectivity index (χ4v) is 3.43. The third-order valence-corrected chi connectivity index (χ3v) is 5.28. The number of rotatable bonds is 6. The fourth-order valence-electron chi connectivity index (χ4n) is 2.12. The van der Waals surface area contributed by atoms with Crippen LogP contribution in [0.1, 0.15) is 15.9 Å². The Hall–Kier alpha value is -2.79. The van der Waals surface area contributed by atoms with Gasteiger partial charge in [-0.1, -0.05) is 11.6 Å². The predicted octanol–water partition coefficient (Wildman–Crippen LogP) is 3.06. The molecule has 7 nitrogen and oxygen atoms in total. The molecule has 29 heavy (non-hydrogen) atoms. The highest BCUT2D eigenvalue weighted by Gasteiger charge is 2.34. The van der Waals surface area contributed by atoms with Crippen LogP contribution in [-0.2, 0) is 25.7 Å². The molecule has 156 valence electrons. The molecule has 0 saturated heterocycles. The molecule has 1 amide bonds. The normalized spacial score (nSPS) is 11.6. The quantitative estimate of drug-likeness (QED) is 0.659. The predicted molar refractivity (Wildman–Crippen MR) is 98.1 cm³/mol. The number of nitrogens with one attached hydrogen (secondary N) is 2. The molecule has 0 aliphatic carbocycles. The van der Waals surface area contributed by atoms with Crippen LogP contribution in [0, 0.1) is 0 Å². The van der Waals surface area contributed by atoms with Crippen molar-refractivity contribution in [2.24, 2.45) is 0 Å². The summed E-state index contributed by atoms with van der Waals surface area (Å²) in [5.74, 6) is -1.25. The zero-order valence-corrected chi connectivity index (χ0v) is 16.3. The van der Waals surface area contributed by atoms with Crippen LogP contribution in [0.4, 0.5) is 18.9 Å². The molecule has 2 N–H and O–H groups in total. The van der Waals surface area contributed by atoms with Crippen LogP contribution in [0.15, 0.2) is 47.4 Å². The van der Waals surface area contributed by atoms with Crippen LogP contribution >= 0.6 is 11.6 Å². The molecule has 0 saturated carbocycles. The highest BCUT2D eigenvalue weighted by atomic mass is 35.5. The molecule has 0 radical (unpaired) electrons. The van der Waals surface area contributed by atoms with E-state index >= 15 is 0 Å². The number of benzene rings is 2. The number of alkyl halides is 3. The number of carbonyl (C=O) groups excluding carboxylic acids is 2. The Balaban J connectivity index is 2.17. The van der Waals surface area contributed by atoms with Gasteiger partial charge in [-0.3, -0.25) is 14.3 Å². The minimum atomic E-state index is -4.82. The van der Waals surface area contributed by atoms with E-state index in [-0.39, 0.29) is 17.8 Å². The Morgan fingerprint density at radius 2 is 1.72 bits per heavy atom. The molecule has 0 aliphatic rings. The van der Waals surface area contributed by atoms with Crippen molar-refractivity contribution in [1.29, 1.82) is 0 Å². The molecule has 0 heterocycles. The largest absolute Gasteiger partial charge is 0.468 e. The van der Waals surface area contributed by atoms with Gasteiger partial charge in [0.15, 0.2) is 0 Å². The van der Waals surface area contributed by atoms with E-state index in [1.807, 2.05) is 0 Å². The number of carbonyl (C=O) groups is 2. The molecular weight excluding hydrogens is 437 g/mol. The van der Waals surface area contributed by atoms with E-state index in [2.05, 4.69) is 14.8 Å². The first-order valence-electron chi connectivity index (χ1n) is 7.78. The first-order chi connectivity index (χ1) is 13.4. The van der Waals surface area contributed by atoms with Crippen molar-refractivity contribution < 1.29 is 35.9 Å². The van der Waals surface area contributed by atoms with E-state index in [1.54, 1.807) is 0 Å². The molecule has 0 aromatic heterocycles. The average molecular weight is 451 g/mol. The van der Waals surface area contributed by atoms with Gasteiger partial charge in [-0.2, -0.15) is 13.2 Å². The number of sulfonamides is 1. The standard InChI is InChI=1S/C17H14ClF3N2O5S/c1-28-15(24)9-22-16(25)10-2-4-11(5-3-10)23-29(26,27)12-6-7-14(18)13(8-12)17(19,20)21/h2-8,23H,9H2,1H3,(H,22,25). The summed E-state index contributed by atoms with van der Waals surface area (Å²) in [4.78, 5) is 22.2. The molecule has 0 atom stereocenters. The summed E-state index contributed by atoms with van der Waals surface area (Å²) >= 11 is 5.49. The Morgan fingerprint density at radius 3 is 2.28 bits per heavy atom. The van der Waals surface area contributed by atoms with Gasteiger partial charge in [0.05, 0.1) is 22.6 Å². The van der Waals surface area contributed by atoms with E-state index in [1.165, 1.54) is 24.3 Å². The molecule has 0 spiro atoms. The van der Waals surface area contributed by atoms with Gasteiger partial charge in [0.1, 0.15) is 6.54 Å². The lowest BCUT2D eigenvalue weighted by atomic mass is 10.2. The van der Waals surface area contributed by atoms with Crippen molar-refractivity contribution in [3.8, 4) is 0 Å². The van der Waals surface area contributed by atoms with Crippen LogP contribution in [0.2, 0.25) is 5.02 Å². The van der Waals surface area contributed by atoms with Gasteiger partial charge in [-0.05, 0) is 42.5 Å². The monoisotopic (exact) mass is 450 g/mol. The summed E-state index contributed by atoms with van der Waals surface area (Å²) in [5.41, 5.74) is -1.14. The second-order valence-corrected chi connectivity index (χ2v) is 7.67. The van der Waals surface area contributed by atoms with Crippen molar-refractivity contribution in [3.63, 3.8) is 0 Å². The summed E-state index contributed by atoms with van der Waals surface area (Å²) < 4.78 is 70.0. The maximum atomic E-state index is 12.9. The number of anilines is 1. The van der Waals surface area contributed by atoms with Crippen LogP contribution < -0.4 is 10.0 Å². The Labute approximate surface area is 168 Å². The van der Waals surface area contributed by atoms with Crippen molar-refractivity contribution in [2.45, 2.75) is 11.1 Å². The lowest BCUT2D eigenvalue weighted by Crippen LogP contribution is -2.30. The van der Waals surface area contributed by atoms with Gasteiger partial charge in [-0.25, -0.2) is 8.42 Å². The number of methoxy groups -OCH3 is 1. The van der Waals surface area contributed by atoms with Gasteiger partial charge < -0.3 is 10.1 Å². The Kier molecular flexibility index (Phi) is 6.75. The maximum absolute atomic E-state index is 12.9. The zero-order valence-electron chi connectivity index (χ0n) is 14.7. The highest BCUT2D eigenvalue weighted by molar-refractivity contribution is 7.92. The zero-order chi connectivity index (χ0) is 21.8. The molecular formula is C17H14ClF3N2O5S. The van der Waals surface area contributed by atoms with E-state index in [0.29, 0.717) is 6.07 Å². The second-order valence-electron chi connectivity index (χ2n) is 5.58. The van der Waals surface area contributed by atoms with E-state index in [9.17, 15) is 31.2 Å². The summed E-state index contributed by atoms with van der Waals surface area (Å²) in [6.07, 6.45) is -4.82. The average Bonchev–Trinajstić information content (AvgIpc) is 2.65. The van der Waals surface area contributed by atoms with Crippen LogP contribution in [0.25, 0.3) is 0 Å². The third-order valence-electron chi connectivity index (χ3n) is 3.57. The lowest BCUT2D eigenvalue weighted by Gasteiger charge is -2.13. The number of amides is 1. The summed E-state index contributed by atoms with van der Waals surface area (Å²) in [6, 6.07) is 7.23. The Bertz CT molecular complexity index is 1020. The number of ether oxygens (including phenoxy) is 1. The molecule has 2 rings (SSSR count). The minimum Gasteiger partial charge on any atom is -0.468 e. The van der Waals surface area contributed by atoms with Crippen molar-refractivity contribution in [1.82, 2.24) is 5.32 Å². The van der Waals surface area contributed by atoms with Crippen LogP contribution in [0.5, 0.6) is 0 Å². The SMILES string of the molecule is COC(=O)CNC(=O)c1ccc(NS(=O)(=O)c2ccc(Cl)c(C(F)(F)F)c2)cc1. The van der Waals surface area contributed by atoms with Crippen LogP contribution in [0.3, 0.4) is 0 Å². The molecule has 12 heteroatoms. The minimum absolute atomic E-state index is 0.0121. The van der Waals surface area contributed by atoms with E-state index in [0.717, 1.165) is 19.2 Å². The fraction of sp³-hybridized carbons (Fsp3) is 0.176. The van der Waals surface area contributed by atoms with E-state index < -0.39 is 43.6 Å². The third kappa shape index (κ3) is 5.84. The smallest absolute Gasteiger partial charge is 0.417 e. The van der Waals surface area contributed by atoms with Crippen LogP contribution in [-0.4, -0.2) is 33.9 Å². The van der Waals surface area contributed by atoms with Gasteiger partial charge in [0.2, 0.25) is 0 Å². The van der Waals surface area contributed by atoms with Gasteiger partial charge in [0.25, 0.3) is 15.9 Å². The molecule has 0 fully saturated rings. The van der Waals surface area contributed by atoms with Crippen molar-refractivity contribution in [3.05, 3.63) is 58.6 Å². The second kappa shape index (κ2) is 8.70. The number of halogens is 4. The van der Waals surface area contributed by atoms with Gasteiger partial charge >= 0.3 is 12.1 Å². The molecule has 2 aromatic carbocycles. The first kappa shape index (κ1) is 22.5. The topological polar surface area (TPSA) is 102 Å². The Morgan fingerprint density at radius 1 is 1.10 bits per heavy atom. The van der Waals surface area contributed by atoms with Gasteiger partial charge in [-0.15, -0.1) is 0 Å². The van der Waals surface area contributed by atoms with Gasteiger partial charge in [0, 0.05) is 11.3 Å². The number of hydrogen-bond donors (Lipinski definition) is 2. The molecule has 0 bridgehead atoms. The number of esters is 1. The molecule has 0 unspecified atom stereocenters. The number of hydrogen-bond acceptors (Lipinski definition) is 5. The summed E-state index contributed by atoms with van der Waals surface area (Å²) in [7, 11) is -3.18. The lowest BCUT2D eigenvalue weighted by molar-refractivity contribution is -0.139. The maximum Gasteiger partial charge on any atom is 0.417 e. The van der Waals surface area contributed by atoms with Crippen molar-refractivity contribution in [2.75, 3.05) is 18.4 Å².